The maximum atomic E-state index is 12.8. The third kappa shape index (κ3) is 56.0. The molecule has 0 aromatic rings. The topological polar surface area (TPSA) is 78.9 Å². The maximum absolute atomic E-state index is 12.8. The van der Waals surface area contributed by atoms with Crippen molar-refractivity contribution >= 4 is 17.9 Å². The number of ether oxygens (including phenoxy) is 3. The molecule has 6 heteroatoms. The van der Waals surface area contributed by atoms with Gasteiger partial charge >= 0.3 is 17.9 Å². The first-order valence-electron chi connectivity index (χ1n) is 30.3. The monoisotopic (exact) mass is 979 g/mol. The molecule has 0 spiro atoms. The minimum Gasteiger partial charge on any atom is -0.462 e. The Labute approximate surface area is 434 Å². The molecule has 0 aliphatic heterocycles. The van der Waals surface area contributed by atoms with Gasteiger partial charge in [-0.2, -0.15) is 0 Å². The van der Waals surface area contributed by atoms with Gasteiger partial charge in [0.1, 0.15) is 13.2 Å². The second-order valence-electron chi connectivity index (χ2n) is 20.2. The summed E-state index contributed by atoms with van der Waals surface area (Å²) in [6, 6.07) is 0. The number of rotatable bonds is 55. The highest BCUT2D eigenvalue weighted by Crippen LogP contribution is 2.17. The molecule has 0 saturated carbocycles. The lowest BCUT2D eigenvalue weighted by Crippen LogP contribution is -2.30. The molecule has 0 bridgehead atoms. The molecular formula is C64H114O6. The SMILES string of the molecule is CC/C=C\C/C=C\C/C=C\C/C=C\C/C=C\CCCC(=O)OC(COC(=O)CCCCCCCCCCC)COC(=O)CCCCCCCCCCCCCCCCCCCCCCCCCCCC. The van der Waals surface area contributed by atoms with E-state index in [0.717, 1.165) is 77.0 Å². The number of allylic oxidation sites excluding steroid dienone is 10. The predicted octanol–water partition coefficient (Wildman–Crippen LogP) is 20.4. The quantitative estimate of drug-likeness (QED) is 0.0261. The average Bonchev–Trinajstić information content (AvgIpc) is 3.36. The number of hydrogen-bond acceptors (Lipinski definition) is 6. The fourth-order valence-corrected chi connectivity index (χ4v) is 8.78. The molecule has 1 unspecified atom stereocenters. The second-order valence-corrected chi connectivity index (χ2v) is 20.2. The van der Waals surface area contributed by atoms with Crippen LogP contribution in [-0.2, 0) is 28.6 Å². The van der Waals surface area contributed by atoms with E-state index in [1.807, 2.05) is 0 Å². The zero-order valence-electron chi connectivity index (χ0n) is 46.5. The van der Waals surface area contributed by atoms with Crippen molar-refractivity contribution < 1.29 is 28.6 Å². The molecule has 0 heterocycles. The Hall–Kier alpha value is -2.89. The molecular weight excluding hydrogens is 865 g/mol. The standard InChI is InChI=1S/C64H114O6/c1-4-7-10-13-16-19-21-23-25-27-28-29-30-31-32-33-34-35-37-38-40-42-45-48-51-54-57-63(66)69-60-61(59-68-62(65)56-53-50-47-44-18-15-12-9-6-3)70-64(67)58-55-52-49-46-43-41-39-36-26-24-22-20-17-14-11-8-5-2/h8,11,17,20,24,26,39,41,46,49,61H,4-7,9-10,12-16,18-19,21-23,25,27-38,40,42-45,47-48,50-60H2,1-3H3/b11-8-,20-17-,26-24-,41-39-,49-46-. The minimum absolute atomic E-state index is 0.0931. The first kappa shape index (κ1) is 67.1. The fraction of sp³-hybridized carbons (Fsp3) is 0.797. The van der Waals surface area contributed by atoms with Crippen molar-refractivity contribution in [2.24, 2.45) is 0 Å². The Morgan fingerprint density at radius 2 is 0.557 bits per heavy atom. The molecule has 0 N–H and O–H groups in total. The van der Waals surface area contributed by atoms with Crippen molar-refractivity contribution in [1.82, 2.24) is 0 Å². The third-order valence-electron chi connectivity index (χ3n) is 13.3. The minimum atomic E-state index is -0.800. The summed E-state index contributed by atoms with van der Waals surface area (Å²) < 4.78 is 16.8. The lowest BCUT2D eigenvalue weighted by Gasteiger charge is -2.18. The summed E-state index contributed by atoms with van der Waals surface area (Å²) in [5, 5.41) is 0. The molecule has 0 aliphatic carbocycles. The summed E-state index contributed by atoms with van der Waals surface area (Å²) in [6.45, 7) is 6.49. The van der Waals surface area contributed by atoms with Crippen LogP contribution in [0.1, 0.15) is 310 Å². The van der Waals surface area contributed by atoms with Gasteiger partial charge in [0.15, 0.2) is 6.10 Å². The number of carbonyl (C=O) groups excluding carboxylic acids is 3. The number of esters is 3. The van der Waals surface area contributed by atoms with Crippen LogP contribution in [0.2, 0.25) is 0 Å². The molecule has 70 heavy (non-hydrogen) atoms. The van der Waals surface area contributed by atoms with Crippen LogP contribution in [0.25, 0.3) is 0 Å². The van der Waals surface area contributed by atoms with Crippen LogP contribution in [0.4, 0.5) is 0 Å². The Morgan fingerprint density at radius 1 is 0.300 bits per heavy atom. The van der Waals surface area contributed by atoms with E-state index in [9.17, 15) is 14.4 Å². The number of unbranched alkanes of at least 4 members (excludes halogenated alkanes) is 34. The molecule has 0 aromatic carbocycles. The molecule has 0 saturated heterocycles. The first-order valence-corrected chi connectivity index (χ1v) is 30.3. The molecule has 0 radical (unpaired) electrons. The Morgan fingerprint density at radius 3 is 0.857 bits per heavy atom. The van der Waals surface area contributed by atoms with Crippen molar-refractivity contribution in [3.05, 3.63) is 60.8 Å². The van der Waals surface area contributed by atoms with Crippen molar-refractivity contribution in [2.75, 3.05) is 13.2 Å². The van der Waals surface area contributed by atoms with Gasteiger partial charge in [-0.25, -0.2) is 0 Å². The van der Waals surface area contributed by atoms with Gasteiger partial charge in [0.2, 0.25) is 0 Å². The Bertz CT molecular complexity index is 1260. The van der Waals surface area contributed by atoms with Gasteiger partial charge in [-0.1, -0.05) is 293 Å². The second kappa shape index (κ2) is 58.7. The molecule has 0 aromatic heterocycles. The van der Waals surface area contributed by atoms with Gasteiger partial charge in [0.25, 0.3) is 0 Å². The Kier molecular flexibility index (Phi) is 56.3. The van der Waals surface area contributed by atoms with Gasteiger partial charge in [-0.05, 0) is 57.8 Å². The Balaban J connectivity index is 4.21. The van der Waals surface area contributed by atoms with Gasteiger partial charge in [0.05, 0.1) is 0 Å². The van der Waals surface area contributed by atoms with Crippen LogP contribution in [0.5, 0.6) is 0 Å². The van der Waals surface area contributed by atoms with Crippen molar-refractivity contribution in [3.8, 4) is 0 Å². The van der Waals surface area contributed by atoms with Crippen LogP contribution in [0.3, 0.4) is 0 Å². The zero-order valence-corrected chi connectivity index (χ0v) is 46.5. The van der Waals surface area contributed by atoms with Crippen molar-refractivity contribution in [3.63, 3.8) is 0 Å². The van der Waals surface area contributed by atoms with E-state index in [4.69, 9.17) is 14.2 Å². The van der Waals surface area contributed by atoms with Crippen LogP contribution >= 0.6 is 0 Å². The van der Waals surface area contributed by atoms with E-state index >= 15 is 0 Å². The van der Waals surface area contributed by atoms with Crippen molar-refractivity contribution in [1.29, 1.82) is 0 Å². The molecule has 1 atom stereocenters. The average molecular weight is 980 g/mol. The fourth-order valence-electron chi connectivity index (χ4n) is 8.78. The molecule has 0 amide bonds. The smallest absolute Gasteiger partial charge is 0.306 e. The highest BCUT2D eigenvalue weighted by Gasteiger charge is 2.19. The van der Waals surface area contributed by atoms with E-state index in [2.05, 4.69) is 81.5 Å². The van der Waals surface area contributed by atoms with Crippen LogP contribution in [0, 0.1) is 0 Å². The van der Waals surface area contributed by atoms with E-state index in [1.165, 1.54) is 186 Å². The van der Waals surface area contributed by atoms with Crippen LogP contribution in [-0.4, -0.2) is 37.2 Å². The summed E-state index contributed by atoms with van der Waals surface area (Å²) in [5.41, 5.74) is 0. The van der Waals surface area contributed by atoms with Gasteiger partial charge in [-0.3, -0.25) is 14.4 Å². The van der Waals surface area contributed by atoms with Crippen LogP contribution < -0.4 is 0 Å². The third-order valence-corrected chi connectivity index (χ3v) is 13.3. The lowest BCUT2D eigenvalue weighted by molar-refractivity contribution is -0.167. The van der Waals surface area contributed by atoms with Gasteiger partial charge in [0, 0.05) is 19.3 Å². The van der Waals surface area contributed by atoms with E-state index in [0.29, 0.717) is 19.3 Å². The van der Waals surface area contributed by atoms with E-state index in [1.54, 1.807) is 0 Å². The van der Waals surface area contributed by atoms with Gasteiger partial charge in [-0.15, -0.1) is 0 Å². The molecule has 0 fully saturated rings. The number of carbonyl (C=O) groups is 3. The zero-order chi connectivity index (χ0) is 50.7. The normalized spacial score (nSPS) is 12.4. The van der Waals surface area contributed by atoms with Crippen molar-refractivity contribution in [2.45, 2.75) is 316 Å². The summed E-state index contributed by atoms with van der Waals surface area (Å²) >= 11 is 0. The maximum Gasteiger partial charge on any atom is 0.306 e. The molecule has 0 rings (SSSR count). The largest absolute Gasteiger partial charge is 0.462 e. The summed E-state index contributed by atoms with van der Waals surface area (Å²) in [4.78, 5) is 38.0. The first-order chi connectivity index (χ1) is 34.5. The predicted molar refractivity (Wildman–Crippen MR) is 302 cm³/mol. The molecule has 0 aliphatic rings. The molecule has 6 nitrogen and oxygen atoms in total. The highest BCUT2D eigenvalue weighted by atomic mass is 16.6. The summed E-state index contributed by atoms with van der Waals surface area (Å²) in [5.74, 6) is -0.942. The lowest BCUT2D eigenvalue weighted by atomic mass is 10.0. The summed E-state index contributed by atoms with van der Waals surface area (Å²) in [6.07, 6.45) is 74.0. The number of hydrogen-bond donors (Lipinski definition) is 0. The molecule has 406 valence electrons. The van der Waals surface area contributed by atoms with Gasteiger partial charge < -0.3 is 14.2 Å². The summed E-state index contributed by atoms with van der Waals surface area (Å²) in [7, 11) is 0. The van der Waals surface area contributed by atoms with E-state index < -0.39 is 6.10 Å². The van der Waals surface area contributed by atoms with E-state index in [-0.39, 0.29) is 37.5 Å². The van der Waals surface area contributed by atoms with Crippen LogP contribution in [0.15, 0.2) is 60.8 Å². The highest BCUT2D eigenvalue weighted by molar-refractivity contribution is 5.71.